The Bertz CT molecular complexity index is 567. The number of carbonyl (C=O) groups is 2. The van der Waals surface area contributed by atoms with Gasteiger partial charge in [0, 0.05) is 63.7 Å². The normalized spacial score (nSPS) is 36.9. The van der Waals surface area contributed by atoms with Crippen LogP contribution in [0.15, 0.2) is 0 Å². The van der Waals surface area contributed by atoms with Gasteiger partial charge in [-0.1, -0.05) is 0 Å². The molecule has 2 heterocycles. The molecule has 2 aliphatic carbocycles. The highest BCUT2D eigenvalue weighted by Crippen LogP contribution is 2.48. The number of likely N-dealkylation sites (tertiary alicyclic amines) is 1. The van der Waals surface area contributed by atoms with Crippen molar-refractivity contribution in [3.8, 4) is 0 Å². The molecule has 0 radical (unpaired) electrons. The maximum Gasteiger partial charge on any atom is 0.311 e. The van der Waals surface area contributed by atoms with E-state index in [9.17, 15) is 18.4 Å². The lowest BCUT2D eigenvalue weighted by Gasteiger charge is -2.36. The average molecular weight is 370 g/mol. The van der Waals surface area contributed by atoms with Crippen molar-refractivity contribution in [2.45, 2.75) is 50.1 Å². The van der Waals surface area contributed by atoms with Crippen LogP contribution in [0.2, 0.25) is 0 Å². The van der Waals surface area contributed by atoms with Crippen molar-refractivity contribution in [2.24, 2.45) is 11.8 Å². The molecule has 8 heteroatoms. The second kappa shape index (κ2) is 7.03. The number of carbonyl (C=O) groups excluding carboxylic acids is 2. The van der Waals surface area contributed by atoms with Gasteiger partial charge in [-0.05, 0) is 31.6 Å². The Hall–Kier alpha value is -1.28. The molecule has 2 amide bonds. The van der Waals surface area contributed by atoms with Crippen LogP contribution in [0.5, 0.6) is 0 Å². The molecule has 4 aliphatic rings. The zero-order valence-corrected chi connectivity index (χ0v) is 15.1. The molecule has 2 saturated heterocycles. The molecule has 0 aromatic rings. The smallest absolute Gasteiger partial charge is 0.311 e. The Morgan fingerprint density at radius 3 is 2.58 bits per heavy atom. The molecule has 146 valence electrons. The number of rotatable bonds is 2. The molecule has 0 unspecified atom stereocenters. The number of amides is 2. The molecular weight excluding hydrogens is 342 g/mol. The lowest BCUT2D eigenvalue weighted by Crippen LogP contribution is -2.56. The molecule has 26 heavy (non-hydrogen) atoms. The van der Waals surface area contributed by atoms with Crippen LogP contribution in [0.4, 0.5) is 8.78 Å². The van der Waals surface area contributed by atoms with Crippen molar-refractivity contribution in [1.82, 2.24) is 20.4 Å². The lowest BCUT2D eigenvalue weighted by molar-refractivity contribution is -0.146. The third kappa shape index (κ3) is 3.33. The highest BCUT2D eigenvalue weighted by atomic mass is 19.3. The van der Waals surface area contributed by atoms with Gasteiger partial charge in [0.25, 0.3) is 5.92 Å². The van der Waals surface area contributed by atoms with Crippen molar-refractivity contribution in [3.63, 3.8) is 0 Å². The van der Waals surface area contributed by atoms with Crippen LogP contribution in [0.3, 0.4) is 0 Å². The van der Waals surface area contributed by atoms with Gasteiger partial charge in [0.2, 0.25) is 0 Å². The quantitative estimate of drug-likeness (QED) is 0.692. The van der Waals surface area contributed by atoms with Crippen molar-refractivity contribution in [1.29, 1.82) is 0 Å². The molecule has 2 saturated carbocycles. The van der Waals surface area contributed by atoms with Gasteiger partial charge < -0.3 is 15.5 Å². The number of fused-ring (bicyclic) bond motifs is 1. The van der Waals surface area contributed by atoms with Crippen LogP contribution in [-0.2, 0) is 9.59 Å². The summed E-state index contributed by atoms with van der Waals surface area (Å²) in [4.78, 5) is 28.7. The number of hydrogen-bond acceptors (Lipinski definition) is 4. The Kier molecular flexibility index (Phi) is 4.90. The van der Waals surface area contributed by atoms with E-state index in [2.05, 4.69) is 15.5 Å². The zero-order chi connectivity index (χ0) is 18.3. The predicted octanol–water partition coefficient (Wildman–Crippen LogP) is 0.433. The highest BCUT2D eigenvalue weighted by molar-refractivity contribution is 6.35. The minimum absolute atomic E-state index is 0.00973. The Labute approximate surface area is 152 Å². The van der Waals surface area contributed by atoms with E-state index < -0.39 is 23.7 Å². The number of nitrogens with zero attached hydrogens (tertiary/aromatic N) is 2. The van der Waals surface area contributed by atoms with Gasteiger partial charge in [-0.2, -0.15) is 0 Å². The predicted molar refractivity (Wildman–Crippen MR) is 91.8 cm³/mol. The maximum atomic E-state index is 13.9. The van der Waals surface area contributed by atoms with Crippen LogP contribution < -0.4 is 10.6 Å². The second-order valence-electron chi connectivity index (χ2n) is 8.24. The first-order valence-electron chi connectivity index (χ1n) is 9.88. The standard InChI is InChI=1S/C18H28F2N4O2/c19-18(20)5-4-12-10-24(11-13(12)18)17(26)16(25)22-14-2-1-3-15(14)23-8-6-21-7-9-23/h12-15,21H,1-11H2,(H,22,25)/t12-,13+,14-,15+/m1/s1. The fraction of sp³-hybridized carbons (Fsp3) is 0.889. The zero-order valence-electron chi connectivity index (χ0n) is 15.1. The number of nitrogens with one attached hydrogen (secondary N) is 2. The van der Waals surface area contributed by atoms with Crippen molar-refractivity contribution in [2.75, 3.05) is 39.3 Å². The topological polar surface area (TPSA) is 64.7 Å². The van der Waals surface area contributed by atoms with Gasteiger partial charge >= 0.3 is 11.8 Å². The van der Waals surface area contributed by atoms with E-state index >= 15 is 0 Å². The number of piperazine rings is 1. The summed E-state index contributed by atoms with van der Waals surface area (Å²) >= 11 is 0. The van der Waals surface area contributed by atoms with Gasteiger partial charge in [0.15, 0.2) is 0 Å². The van der Waals surface area contributed by atoms with E-state index in [0.717, 1.165) is 45.4 Å². The molecule has 0 aromatic carbocycles. The highest BCUT2D eigenvalue weighted by Gasteiger charge is 2.55. The molecule has 4 fully saturated rings. The third-order valence-corrected chi connectivity index (χ3v) is 6.73. The third-order valence-electron chi connectivity index (χ3n) is 6.73. The van der Waals surface area contributed by atoms with E-state index in [1.54, 1.807) is 0 Å². The van der Waals surface area contributed by atoms with Crippen LogP contribution >= 0.6 is 0 Å². The van der Waals surface area contributed by atoms with Crippen LogP contribution in [0.1, 0.15) is 32.1 Å². The van der Waals surface area contributed by atoms with E-state index in [1.165, 1.54) is 4.90 Å². The van der Waals surface area contributed by atoms with Gasteiger partial charge in [-0.15, -0.1) is 0 Å². The minimum atomic E-state index is -2.70. The molecular formula is C18H28F2N4O2. The van der Waals surface area contributed by atoms with Gasteiger partial charge in [-0.3, -0.25) is 14.5 Å². The van der Waals surface area contributed by atoms with Gasteiger partial charge in [0.05, 0.1) is 0 Å². The summed E-state index contributed by atoms with van der Waals surface area (Å²) in [5, 5.41) is 6.23. The summed E-state index contributed by atoms with van der Waals surface area (Å²) in [6, 6.07) is 0.254. The summed E-state index contributed by atoms with van der Waals surface area (Å²) in [7, 11) is 0. The van der Waals surface area contributed by atoms with Crippen LogP contribution in [-0.4, -0.2) is 78.9 Å². The minimum Gasteiger partial charge on any atom is -0.344 e. The van der Waals surface area contributed by atoms with Crippen molar-refractivity contribution in [3.05, 3.63) is 0 Å². The number of halogens is 2. The second-order valence-corrected chi connectivity index (χ2v) is 8.24. The van der Waals surface area contributed by atoms with E-state index in [4.69, 9.17) is 0 Å². The first-order chi connectivity index (χ1) is 12.5. The van der Waals surface area contributed by atoms with Crippen LogP contribution in [0.25, 0.3) is 0 Å². The summed E-state index contributed by atoms with van der Waals surface area (Å²) in [6.45, 7) is 4.10. The molecule has 0 aromatic heterocycles. The number of alkyl halides is 2. The average Bonchev–Trinajstić information content (AvgIpc) is 3.32. The van der Waals surface area contributed by atoms with E-state index in [0.29, 0.717) is 13.0 Å². The lowest BCUT2D eigenvalue weighted by atomic mass is 9.99. The van der Waals surface area contributed by atoms with Crippen LogP contribution in [0, 0.1) is 11.8 Å². The summed E-state index contributed by atoms with van der Waals surface area (Å²) < 4.78 is 27.7. The molecule has 4 atom stereocenters. The van der Waals surface area contributed by atoms with Gasteiger partial charge in [-0.25, -0.2) is 8.78 Å². The Morgan fingerprint density at radius 2 is 1.85 bits per heavy atom. The van der Waals surface area contributed by atoms with Crippen molar-refractivity contribution < 1.29 is 18.4 Å². The first kappa shape index (κ1) is 18.1. The molecule has 4 rings (SSSR count). The van der Waals surface area contributed by atoms with E-state index in [-0.39, 0.29) is 31.0 Å². The Balaban J connectivity index is 1.34. The largest absolute Gasteiger partial charge is 0.344 e. The monoisotopic (exact) mass is 370 g/mol. The van der Waals surface area contributed by atoms with E-state index in [1.807, 2.05) is 0 Å². The summed E-state index contributed by atoms with van der Waals surface area (Å²) in [5.41, 5.74) is 0. The molecule has 0 bridgehead atoms. The molecule has 2 N–H and O–H groups in total. The SMILES string of the molecule is O=C(N[C@@H]1CCC[C@@H]1N1CCNCC1)C(=O)N1C[C@H]2CCC(F)(F)[C@H]2C1. The molecule has 2 aliphatic heterocycles. The first-order valence-corrected chi connectivity index (χ1v) is 9.88. The summed E-state index contributed by atoms with van der Waals surface area (Å²) in [6.07, 6.45) is 3.28. The fourth-order valence-corrected chi connectivity index (χ4v) is 5.30. The molecule has 0 spiro atoms. The maximum absolute atomic E-state index is 13.9. The van der Waals surface area contributed by atoms with Crippen molar-refractivity contribution >= 4 is 11.8 Å². The Morgan fingerprint density at radius 1 is 1.08 bits per heavy atom. The fourth-order valence-electron chi connectivity index (χ4n) is 5.30. The molecule has 6 nitrogen and oxygen atoms in total. The van der Waals surface area contributed by atoms with Gasteiger partial charge in [0.1, 0.15) is 0 Å². The summed E-state index contributed by atoms with van der Waals surface area (Å²) in [5.74, 6) is -4.91. The number of hydrogen-bond donors (Lipinski definition) is 2.